The SMILES string of the molecule is CN(C)SN(C)C(=O)ONC1=CSCCS1. The monoisotopic (exact) mass is 281 g/mol. The summed E-state index contributed by atoms with van der Waals surface area (Å²) in [6.45, 7) is 0. The predicted octanol–water partition coefficient (Wildman–Crippen LogP) is 1.96. The number of nitrogens with zero attached hydrogens (tertiary/aromatic N) is 2. The molecule has 1 N–H and O–H groups in total. The molecule has 0 fully saturated rings. The van der Waals surface area contributed by atoms with E-state index in [4.69, 9.17) is 4.84 Å². The molecule has 0 bridgehead atoms. The van der Waals surface area contributed by atoms with Crippen molar-refractivity contribution >= 4 is 41.8 Å². The van der Waals surface area contributed by atoms with Gasteiger partial charge in [0.05, 0.1) is 0 Å². The van der Waals surface area contributed by atoms with Gasteiger partial charge in [-0.25, -0.2) is 18.9 Å². The summed E-state index contributed by atoms with van der Waals surface area (Å²) in [4.78, 5) is 16.4. The second kappa shape index (κ2) is 7.21. The number of hydrogen-bond donors (Lipinski definition) is 1. The summed E-state index contributed by atoms with van der Waals surface area (Å²) in [5, 5.41) is 2.84. The van der Waals surface area contributed by atoms with Gasteiger partial charge in [0.2, 0.25) is 0 Å². The van der Waals surface area contributed by atoms with Gasteiger partial charge in [0.1, 0.15) is 5.03 Å². The molecule has 0 radical (unpaired) electrons. The highest BCUT2D eigenvalue weighted by molar-refractivity contribution is 8.09. The van der Waals surface area contributed by atoms with Gasteiger partial charge in [-0.3, -0.25) is 0 Å². The summed E-state index contributed by atoms with van der Waals surface area (Å²) in [6.07, 6.45) is -0.421. The maximum absolute atomic E-state index is 11.5. The Morgan fingerprint density at radius 3 is 2.81 bits per heavy atom. The van der Waals surface area contributed by atoms with Crippen LogP contribution in [0.2, 0.25) is 0 Å². The zero-order chi connectivity index (χ0) is 12.0. The molecule has 1 aliphatic heterocycles. The molecule has 1 aliphatic rings. The van der Waals surface area contributed by atoms with Crippen LogP contribution in [0.25, 0.3) is 0 Å². The van der Waals surface area contributed by atoms with E-state index < -0.39 is 6.09 Å². The summed E-state index contributed by atoms with van der Waals surface area (Å²) < 4.78 is 3.22. The molecule has 0 aromatic carbocycles. The number of rotatable bonds is 4. The molecule has 0 saturated carbocycles. The van der Waals surface area contributed by atoms with E-state index in [0.717, 1.165) is 16.5 Å². The summed E-state index contributed by atoms with van der Waals surface area (Å²) in [5.41, 5.74) is 2.66. The number of hydrogen-bond acceptors (Lipinski definition) is 7. The van der Waals surface area contributed by atoms with Crippen molar-refractivity contribution < 1.29 is 9.63 Å². The predicted molar refractivity (Wildman–Crippen MR) is 71.7 cm³/mol. The zero-order valence-corrected chi connectivity index (χ0v) is 11.9. The number of hydroxylamine groups is 1. The third-order valence-corrected chi connectivity index (χ3v) is 4.32. The highest BCUT2D eigenvalue weighted by Gasteiger charge is 2.13. The minimum Gasteiger partial charge on any atom is -0.323 e. The fraction of sp³-hybridized carbons (Fsp3) is 0.625. The molecule has 16 heavy (non-hydrogen) atoms. The molecule has 1 heterocycles. The first-order chi connectivity index (χ1) is 7.59. The average Bonchev–Trinajstić information content (AvgIpc) is 2.26. The van der Waals surface area contributed by atoms with Gasteiger partial charge < -0.3 is 4.84 Å². The summed E-state index contributed by atoms with van der Waals surface area (Å²) >= 11 is 4.63. The molecule has 8 heteroatoms. The quantitative estimate of drug-likeness (QED) is 0.624. The Labute approximate surface area is 109 Å². The van der Waals surface area contributed by atoms with Crippen LogP contribution in [0.5, 0.6) is 0 Å². The van der Waals surface area contributed by atoms with Crippen molar-refractivity contribution in [3.05, 3.63) is 10.4 Å². The topological polar surface area (TPSA) is 44.8 Å². The normalized spacial score (nSPS) is 15.6. The molecule has 0 aromatic heterocycles. The Balaban J connectivity index is 2.26. The molecule has 0 atom stereocenters. The Kier molecular flexibility index (Phi) is 6.25. The maximum atomic E-state index is 11.5. The Morgan fingerprint density at radius 2 is 2.25 bits per heavy atom. The number of nitrogens with one attached hydrogen (secondary N) is 1. The number of thioether (sulfide) groups is 2. The van der Waals surface area contributed by atoms with Crippen LogP contribution in [0.3, 0.4) is 0 Å². The smallest absolute Gasteiger partial charge is 0.323 e. The van der Waals surface area contributed by atoms with Crippen molar-refractivity contribution in [2.45, 2.75) is 0 Å². The lowest BCUT2D eigenvalue weighted by atomic mass is 10.9. The lowest BCUT2D eigenvalue weighted by molar-refractivity contribution is 0.0968. The number of amides is 1. The van der Waals surface area contributed by atoms with Crippen molar-refractivity contribution in [3.63, 3.8) is 0 Å². The van der Waals surface area contributed by atoms with Crippen LogP contribution in [0.15, 0.2) is 10.4 Å². The molecular weight excluding hydrogens is 266 g/mol. The van der Waals surface area contributed by atoms with E-state index in [1.165, 1.54) is 16.4 Å². The molecule has 0 unspecified atom stereocenters. The Hall–Kier alpha value is -0.180. The van der Waals surface area contributed by atoms with Crippen LogP contribution in [-0.4, -0.2) is 47.4 Å². The van der Waals surface area contributed by atoms with E-state index in [2.05, 4.69) is 5.48 Å². The molecule has 1 rings (SSSR count). The zero-order valence-electron chi connectivity index (χ0n) is 9.43. The van der Waals surface area contributed by atoms with Gasteiger partial charge in [0.15, 0.2) is 0 Å². The van der Waals surface area contributed by atoms with Gasteiger partial charge in [0.25, 0.3) is 0 Å². The average molecular weight is 281 g/mol. The van der Waals surface area contributed by atoms with Crippen LogP contribution in [0.1, 0.15) is 0 Å². The van der Waals surface area contributed by atoms with Gasteiger partial charge in [-0.2, -0.15) is 0 Å². The first kappa shape index (κ1) is 13.9. The van der Waals surface area contributed by atoms with Gasteiger partial charge in [0, 0.05) is 36.1 Å². The Morgan fingerprint density at radius 1 is 1.50 bits per heavy atom. The lowest BCUT2D eigenvalue weighted by Crippen LogP contribution is -2.29. The fourth-order valence-electron chi connectivity index (χ4n) is 0.858. The van der Waals surface area contributed by atoms with E-state index >= 15 is 0 Å². The highest BCUT2D eigenvalue weighted by atomic mass is 32.2. The number of carbonyl (C=O) groups excluding carboxylic acids is 1. The summed E-state index contributed by atoms with van der Waals surface area (Å²) in [7, 11) is 5.38. The highest BCUT2D eigenvalue weighted by Crippen LogP contribution is 2.24. The van der Waals surface area contributed by atoms with E-state index in [1.54, 1.807) is 30.6 Å². The standard InChI is InChI=1S/C8H15N3O2S3/c1-10(2)16-11(3)8(12)13-9-7-6-14-4-5-15-7/h6,9H,4-5H2,1-3H3. The van der Waals surface area contributed by atoms with Crippen LogP contribution < -0.4 is 5.48 Å². The molecule has 0 aliphatic carbocycles. The largest absolute Gasteiger partial charge is 0.444 e. The second-order valence-corrected chi connectivity index (χ2v) is 6.62. The third kappa shape index (κ3) is 5.24. The van der Waals surface area contributed by atoms with Gasteiger partial charge in [-0.05, 0) is 14.1 Å². The molecule has 1 amide bonds. The second-order valence-electron chi connectivity index (χ2n) is 3.06. The van der Waals surface area contributed by atoms with Crippen LogP contribution in [-0.2, 0) is 4.84 Å². The van der Waals surface area contributed by atoms with Gasteiger partial charge in [-0.15, -0.1) is 23.5 Å². The van der Waals surface area contributed by atoms with Crippen LogP contribution in [0, 0.1) is 0 Å². The van der Waals surface area contributed by atoms with Crippen molar-refractivity contribution in [2.24, 2.45) is 0 Å². The van der Waals surface area contributed by atoms with Crippen LogP contribution in [0.4, 0.5) is 4.79 Å². The van der Waals surface area contributed by atoms with Crippen molar-refractivity contribution in [1.29, 1.82) is 0 Å². The Bertz CT molecular complexity index is 273. The third-order valence-electron chi connectivity index (χ3n) is 1.43. The lowest BCUT2D eigenvalue weighted by Gasteiger charge is -2.19. The molecular formula is C8H15N3O2S3. The van der Waals surface area contributed by atoms with Crippen molar-refractivity contribution in [2.75, 3.05) is 32.6 Å². The first-order valence-electron chi connectivity index (χ1n) is 4.60. The first-order valence-corrected chi connectivity index (χ1v) is 7.36. The minimum atomic E-state index is -0.421. The van der Waals surface area contributed by atoms with Gasteiger partial charge >= 0.3 is 6.09 Å². The van der Waals surface area contributed by atoms with E-state index in [-0.39, 0.29) is 0 Å². The summed E-state index contributed by atoms with van der Waals surface area (Å²) in [6, 6.07) is 0. The maximum Gasteiger partial charge on any atom is 0.444 e. The van der Waals surface area contributed by atoms with Crippen molar-refractivity contribution in [1.82, 2.24) is 14.1 Å². The molecule has 0 saturated heterocycles. The van der Waals surface area contributed by atoms with Crippen LogP contribution >= 0.6 is 35.7 Å². The molecule has 5 nitrogen and oxygen atoms in total. The van der Waals surface area contributed by atoms with E-state index in [1.807, 2.05) is 23.8 Å². The molecule has 92 valence electrons. The number of carbonyl (C=O) groups is 1. The molecule has 0 spiro atoms. The minimum absolute atomic E-state index is 0.421. The van der Waals surface area contributed by atoms with Crippen molar-refractivity contribution in [3.8, 4) is 0 Å². The van der Waals surface area contributed by atoms with E-state index in [9.17, 15) is 4.79 Å². The van der Waals surface area contributed by atoms with Gasteiger partial charge in [-0.1, -0.05) is 0 Å². The summed E-state index contributed by atoms with van der Waals surface area (Å²) in [5.74, 6) is 2.13. The fourth-order valence-corrected chi connectivity index (χ4v) is 3.28. The van der Waals surface area contributed by atoms with E-state index in [0.29, 0.717) is 0 Å². The molecule has 0 aromatic rings.